The van der Waals surface area contributed by atoms with Gasteiger partial charge in [-0.2, -0.15) is 0 Å². The highest BCUT2D eigenvalue weighted by Crippen LogP contribution is 2.31. The van der Waals surface area contributed by atoms with Crippen molar-refractivity contribution in [2.24, 2.45) is 11.3 Å². The molecule has 0 heterocycles. The molecule has 0 spiro atoms. The van der Waals surface area contributed by atoms with Crippen LogP contribution in [0.4, 0.5) is 0 Å². The third-order valence-corrected chi connectivity index (χ3v) is 10.6. The lowest BCUT2D eigenvalue weighted by molar-refractivity contribution is -0.140. The van der Waals surface area contributed by atoms with E-state index in [0.29, 0.717) is 5.56 Å². The van der Waals surface area contributed by atoms with E-state index in [-0.39, 0.29) is 29.1 Å². The minimum atomic E-state index is -3.96. The van der Waals surface area contributed by atoms with Gasteiger partial charge in [-0.3, -0.25) is 14.4 Å². The van der Waals surface area contributed by atoms with Crippen LogP contribution in [-0.4, -0.2) is 70.4 Å². The van der Waals surface area contributed by atoms with Crippen molar-refractivity contribution in [3.05, 3.63) is 102 Å². The molecular weight excluding hydrogens is 677 g/mol. The summed E-state index contributed by atoms with van der Waals surface area (Å²) < 4.78 is 32.9. The molecule has 3 rings (SSSR count). The maximum absolute atomic E-state index is 14.3. The minimum absolute atomic E-state index is 0.140. The molecule has 0 bridgehead atoms. The van der Waals surface area contributed by atoms with Crippen LogP contribution in [0.15, 0.2) is 90.5 Å². The van der Waals surface area contributed by atoms with Crippen LogP contribution in [-0.2, 0) is 35.6 Å². The van der Waals surface area contributed by atoms with E-state index in [1.807, 2.05) is 97.0 Å². The monoisotopic (exact) mass is 732 g/mol. The molecule has 52 heavy (non-hydrogen) atoms. The second-order valence-electron chi connectivity index (χ2n) is 15.3. The van der Waals surface area contributed by atoms with Gasteiger partial charge in [0.15, 0.2) is 0 Å². The molecule has 3 amide bonds. The molecule has 11 heteroatoms. The Morgan fingerprint density at radius 3 is 1.87 bits per heavy atom. The zero-order chi connectivity index (χ0) is 39.0. The highest BCUT2D eigenvalue weighted by molar-refractivity contribution is 7.89. The fourth-order valence-corrected chi connectivity index (χ4v) is 7.37. The number of carbonyl (C=O) groups is 3. The molecule has 3 N–H and O–H groups in total. The van der Waals surface area contributed by atoms with Crippen molar-refractivity contribution in [1.82, 2.24) is 20.3 Å². The van der Waals surface area contributed by atoms with Gasteiger partial charge in [-0.1, -0.05) is 121 Å². The SMILES string of the molecule is CN[C@H](C(=O)N[C@H](C(=O)N(C)[C@H](C=C(C)C(=O)NS(=O)(=O)Cc1ccccc1)C(C)C)C(C)(C)C)C(C)(C)c1ccc(-c2ccc(OC)cc2)cc1. The van der Waals surface area contributed by atoms with Crippen LogP contribution >= 0.6 is 0 Å². The third-order valence-electron chi connectivity index (χ3n) is 9.43. The number of nitrogens with zero attached hydrogens (tertiary/aromatic N) is 1. The second-order valence-corrected chi connectivity index (χ2v) is 17.0. The second kappa shape index (κ2) is 17.4. The number of carbonyl (C=O) groups excluding carboxylic acids is 3. The van der Waals surface area contributed by atoms with E-state index in [1.165, 1.54) is 11.8 Å². The fraction of sp³-hybridized carbons (Fsp3) is 0.439. The lowest BCUT2D eigenvalue weighted by Gasteiger charge is -2.40. The summed E-state index contributed by atoms with van der Waals surface area (Å²) in [4.78, 5) is 42.9. The summed E-state index contributed by atoms with van der Waals surface area (Å²) in [6, 6.07) is 22.3. The number of rotatable bonds is 15. The van der Waals surface area contributed by atoms with Crippen LogP contribution in [0.3, 0.4) is 0 Å². The van der Waals surface area contributed by atoms with Gasteiger partial charge in [-0.05, 0) is 59.7 Å². The summed E-state index contributed by atoms with van der Waals surface area (Å²) in [6.07, 6.45) is 1.60. The average molecular weight is 733 g/mol. The average Bonchev–Trinajstić information content (AvgIpc) is 3.08. The van der Waals surface area contributed by atoms with Crippen molar-refractivity contribution in [1.29, 1.82) is 0 Å². The van der Waals surface area contributed by atoms with Gasteiger partial charge in [0.1, 0.15) is 11.8 Å². The predicted molar refractivity (Wildman–Crippen MR) is 208 cm³/mol. The predicted octanol–water partition coefficient (Wildman–Crippen LogP) is 5.83. The molecule has 0 aliphatic carbocycles. The van der Waals surface area contributed by atoms with Gasteiger partial charge in [0.25, 0.3) is 5.91 Å². The summed E-state index contributed by atoms with van der Waals surface area (Å²) >= 11 is 0. The Bertz CT molecular complexity index is 1810. The van der Waals surface area contributed by atoms with E-state index in [4.69, 9.17) is 4.74 Å². The first kappa shape index (κ1) is 41.9. The molecule has 0 saturated heterocycles. The van der Waals surface area contributed by atoms with Crippen molar-refractivity contribution in [2.75, 3.05) is 21.2 Å². The highest BCUT2D eigenvalue weighted by atomic mass is 32.2. The zero-order valence-electron chi connectivity index (χ0n) is 32.4. The number of methoxy groups -OCH3 is 1. The lowest BCUT2D eigenvalue weighted by Crippen LogP contribution is -2.61. The smallest absolute Gasteiger partial charge is 0.260 e. The number of hydrogen-bond donors (Lipinski definition) is 3. The lowest BCUT2D eigenvalue weighted by atomic mass is 9.76. The minimum Gasteiger partial charge on any atom is -0.497 e. The van der Waals surface area contributed by atoms with Crippen molar-refractivity contribution in [3.63, 3.8) is 0 Å². The number of ether oxygens (including phenoxy) is 1. The molecule has 0 aliphatic rings. The fourth-order valence-electron chi connectivity index (χ4n) is 6.22. The normalized spacial score (nSPS) is 14.3. The van der Waals surface area contributed by atoms with Crippen LogP contribution in [0.2, 0.25) is 0 Å². The summed E-state index contributed by atoms with van der Waals surface area (Å²) in [7, 11) is 1.04. The van der Waals surface area contributed by atoms with Crippen molar-refractivity contribution in [3.8, 4) is 16.9 Å². The van der Waals surface area contributed by atoms with Crippen LogP contribution in [0, 0.1) is 11.3 Å². The van der Waals surface area contributed by atoms with Crippen LogP contribution < -0.4 is 20.1 Å². The van der Waals surface area contributed by atoms with Gasteiger partial charge in [0.2, 0.25) is 21.8 Å². The number of benzene rings is 3. The molecule has 0 unspecified atom stereocenters. The first-order valence-corrected chi connectivity index (χ1v) is 19.1. The van der Waals surface area contributed by atoms with Crippen molar-refractivity contribution < 1.29 is 27.5 Å². The topological polar surface area (TPSA) is 134 Å². The molecule has 282 valence electrons. The Morgan fingerprint density at radius 2 is 1.38 bits per heavy atom. The molecule has 0 fully saturated rings. The third kappa shape index (κ3) is 10.8. The van der Waals surface area contributed by atoms with Gasteiger partial charge < -0.3 is 20.3 Å². The highest BCUT2D eigenvalue weighted by Gasteiger charge is 2.41. The Morgan fingerprint density at radius 1 is 0.846 bits per heavy atom. The molecule has 0 saturated carbocycles. The molecular formula is C41H56N4O6S. The standard InChI is InChI=1S/C41H56N4O6S/c1-27(2)34(25-28(3)37(46)44-52(49,50)26-29-15-13-12-14-16-29)45(10)39(48)36(40(4,5)6)43-38(47)35(42-9)41(7,8)32-21-17-30(18-22-32)31-19-23-33(51-11)24-20-31/h12-25,27,34-36,42H,26H2,1-11H3,(H,43,47)(H,44,46)/t34-,35-,36-/m1/s1. The Labute approximate surface area is 310 Å². The number of nitrogens with one attached hydrogen (secondary N) is 3. The maximum atomic E-state index is 14.3. The largest absolute Gasteiger partial charge is 0.497 e. The van der Waals surface area contributed by atoms with E-state index in [2.05, 4.69) is 15.4 Å². The number of likely N-dealkylation sites (N-methyl/N-ethyl adjacent to an activating group) is 2. The summed E-state index contributed by atoms with van der Waals surface area (Å²) in [6.45, 7) is 15.0. The molecule has 10 nitrogen and oxygen atoms in total. The first-order valence-electron chi connectivity index (χ1n) is 17.5. The zero-order valence-corrected chi connectivity index (χ0v) is 33.2. The van der Waals surface area contributed by atoms with E-state index < -0.39 is 44.9 Å². The Kier molecular flexibility index (Phi) is 14.0. The summed E-state index contributed by atoms with van der Waals surface area (Å²) in [5, 5.41) is 6.24. The summed E-state index contributed by atoms with van der Waals surface area (Å²) in [5.41, 5.74) is 2.39. The van der Waals surface area contributed by atoms with Gasteiger partial charge in [-0.25, -0.2) is 13.1 Å². The quantitative estimate of drug-likeness (QED) is 0.168. The number of hydrogen-bond acceptors (Lipinski definition) is 7. The van der Waals surface area contributed by atoms with Crippen LogP contribution in [0.1, 0.15) is 66.5 Å². The van der Waals surface area contributed by atoms with Crippen LogP contribution in [0.25, 0.3) is 11.1 Å². The summed E-state index contributed by atoms with van der Waals surface area (Å²) in [5.74, 6) is -1.13. The molecule has 0 aliphatic heterocycles. The number of sulfonamides is 1. The Hall–Kier alpha value is -4.48. The molecule has 0 radical (unpaired) electrons. The first-order chi connectivity index (χ1) is 24.2. The van der Waals surface area contributed by atoms with Crippen LogP contribution in [0.5, 0.6) is 5.75 Å². The van der Waals surface area contributed by atoms with E-state index in [1.54, 1.807) is 57.6 Å². The van der Waals surface area contributed by atoms with Gasteiger partial charge in [-0.15, -0.1) is 0 Å². The van der Waals surface area contributed by atoms with Crippen molar-refractivity contribution in [2.45, 2.75) is 84.7 Å². The van der Waals surface area contributed by atoms with Gasteiger partial charge in [0.05, 0.1) is 24.9 Å². The van der Waals surface area contributed by atoms with E-state index >= 15 is 0 Å². The van der Waals surface area contributed by atoms with Crippen molar-refractivity contribution >= 4 is 27.7 Å². The molecule has 3 aromatic rings. The molecule has 0 aromatic heterocycles. The van der Waals surface area contributed by atoms with Gasteiger partial charge in [0, 0.05) is 18.0 Å². The van der Waals surface area contributed by atoms with E-state index in [9.17, 15) is 22.8 Å². The van der Waals surface area contributed by atoms with E-state index in [0.717, 1.165) is 22.4 Å². The Balaban J connectivity index is 1.81. The maximum Gasteiger partial charge on any atom is 0.260 e. The number of amides is 3. The van der Waals surface area contributed by atoms with Gasteiger partial charge >= 0.3 is 0 Å². The molecule has 3 atom stereocenters. The molecule has 3 aromatic carbocycles.